The quantitative estimate of drug-likeness (QED) is 0.641. The number of nitrogens with zero attached hydrogens (tertiary/aromatic N) is 1. The molecule has 19 heavy (non-hydrogen) atoms. The first-order valence-electron chi connectivity index (χ1n) is 6.02. The summed E-state index contributed by atoms with van der Waals surface area (Å²) in [5.41, 5.74) is 5.87. The molecule has 1 heterocycles. The summed E-state index contributed by atoms with van der Waals surface area (Å²) in [7, 11) is 0. The summed E-state index contributed by atoms with van der Waals surface area (Å²) in [5.74, 6) is -0.414. The van der Waals surface area contributed by atoms with Gasteiger partial charge in [-0.25, -0.2) is 4.79 Å². The number of nitrogens with one attached hydrogen (secondary N) is 2. The third-order valence-electron chi connectivity index (χ3n) is 2.21. The van der Waals surface area contributed by atoms with Crippen molar-refractivity contribution in [1.82, 2.24) is 9.69 Å². The van der Waals surface area contributed by atoms with E-state index in [9.17, 15) is 9.59 Å². The van der Waals surface area contributed by atoms with Crippen molar-refractivity contribution in [3.63, 3.8) is 0 Å². The average Bonchev–Trinajstić information content (AvgIpc) is 2.71. The lowest BCUT2D eigenvalue weighted by Crippen LogP contribution is -2.24. The van der Waals surface area contributed by atoms with Gasteiger partial charge in [-0.1, -0.05) is 0 Å². The molecular formula is C11H18N4O3S. The number of esters is 1. The molecule has 4 N–H and O–H groups in total. The highest BCUT2D eigenvalue weighted by molar-refractivity contribution is 7.11. The maximum atomic E-state index is 11.7. The van der Waals surface area contributed by atoms with Crippen molar-refractivity contribution < 1.29 is 14.3 Å². The fourth-order valence-corrected chi connectivity index (χ4v) is 2.13. The average molecular weight is 286 g/mol. The van der Waals surface area contributed by atoms with Crippen LogP contribution in [0.4, 0.5) is 10.8 Å². The van der Waals surface area contributed by atoms with Crippen LogP contribution < -0.4 is 16.4 Å². The van der Waals surface area contributed by atoms with E-state index in [-0.39, 0.29) is 23.9 Å². The Hall–Kier alpha value is -1.83. The maximum absolute atomic E-state index is 11.7. The number of carbonyl (C=O) groups is 2. The monoisotopic (exact) mass is 286 g/mol. The molecule has 0 saturated carbocycles. The van der Waals surface area contributed by atoms with Gasteiger partial charge in [0, 0.05) is 19.5 Å². The van der Waals surface area contributed by atoms with E-state index in [1.165, 1.54) is 0 Å². The highest BCUT2D eigenvalue weighted by atomic mass is 32.1. The molecule has 0 saturated heterocycles. The Bertz CT molecular complexity index is 447. The standard InChI is InChI=1S/C11H18N4O3S/c1-3-13-7(16)5-6-14-10-8(9(12)15-19-10)11(17)18-4-2/h14H,3-6H2,1-2H3,(H2,12,15)(H,13,16). The van der Waals surface area contributed by atoms with Gasteiger partial charge < -0.3 is 21.1 Å². The largest absolute Gasteiger partial charge is 0.462 e. The third kappa shape index (κ3) is 4.40. The zero-order valence-corrected chi connectivity index (χ0v) is 11.8. The summed E-state index contributed by atoms with van der Waals surface area (Å²) in [6.45, 7) is 4.84. The number of carbonyl (C=O) groups excluding carboxylic acids is 2. The topological polar surface area (TPSA) is 106 Å². The molecule has 1 aromatic rings. The molecule has 8 heteroatoms. The molecule has 1 rings (SSSR count). The zero-order chi connectivity index (χ0) is 14.3. The summed E-state index contributed by atoms with van der Waals surface area (Å²) < 4.78 is 8.81. The van der Waals surface area contributed by atoms with Gasteiger partial charge in [0.05, 0.1) is 6.61 Å². The lowest BCUT2D eigenvalue weighted by molar-refractivity contribution is -0.120. The van der Waals surface area contributed by atoms with Crippen molar-refractivity contribution in [2.24, 2.45) is 0 Å². The van der Waals surface area contributed by atoms with Gasteiger partial charge in [-0.15, -0.1) is 0 Å². The van der Waals surface area contributed by atoms with Crippen LogP contribution in [0.15, 0.2) is 0 Å². The number of ether oxygens (including phenoxy) is 1. The number of amides is 1. The van der Waals surface area contributed by atoms with Crippen LogP contribution >= 0.6 is 11.5 Å². The van der Waals surface area contributed by atoms with Crippen molar-refractivity contribution in [3.8, 4) is 0 Å². The molecule has 0 radical (unpaired) electrons. The molecule has 0 aliphatic carbocycles. The Labute approximate surface area is 115 Å². The molecule has 106 valence electrons. The van der Waals surface area contributed by atoms with E-state index in [2.05, 4.69) is 15.0 Å². The molecule has 1 amide bonds. The minimum Gasteiger partial charge on any atom is -0.462 e. The fraction of sp³-hybridized carbons (Fsp3) is 0.545. The van der Waals surface area contributed by atoms with Gasteiger partial charge >= 0.3 is 5.97 Å². The lowest BCUT2D eigenvalue weighted by Gasteiger charge is -2.06. The molecule has 1 aromatic heterocycles. The molecule has 0 atom stereocenters. The normalized spacial score (nSPS) is 10.0. The number of hydrogen-bond donors (Lipinski definition) is 3. The first-order valence-corrected chi connectivity index (χ1v) is 6.80. The second-order valence-corrected chi connectivity index (χ2v) is 4.40. The maximum Gasteiger partial charge on any atom is 0.344 e. The molecular weight excluding hydrogens is 268 g/mol. The summed E-state index contributed by atoms with van der Waals surface area (Å²) in [6, 6.07) is 0. The van der Waals surface area contributed by atoms with Crippen molar-refractivity contribution in [2.45, 2.75) is 20.3 Å². The van der Waals surface area contributed by atoms with Gasteiger partial charge in [0.1, 0.15) is 10.6 Å². The second kappa shape index (κ2) is 7.57. The Morgan fingerprint density at radius 1 is 1.42 bits per heavy atom. The summed E-state index contributed by atoms with van der Waals surface area (Å²) in [4.78, 5) is 23.0. The SMILES string of the molecule is CCNC(=O)CCNc1snc(N)c1C(=O)OCC. The number of anilines is 2. The fourth-order valence-electron chi connectivity index (χ4n) is 1.40. The Morgan fingerprint density at radius 2 is 2.16 bits per heavy atom. The minimum atomic E-state index is -0.505. The van der Waals surface area contributed by atoms with Crippen molar-refractivity contribution in [2.75, 3.05) is 30.7 Å². The van der Waals surface area contributed by atoms with Crippen LogP contribution in [0.25, 0.3) is 0 Å². The van der Waals surface area contributed by atoms with Crippen LogP contribution in [0.1, 0.15) is 30.6 Å². The van der Waals surface area contributed by atoms with Gasteiger partial charge in [0.25, 0.3) is 0 Å². The number of nitrogen functional groups attached to an aromatic ring is 1. The number of nitrogens with two attached hydrogens (primary N) is 1. The van der Waals surface area contributed by atoms with E-state index in [1.807, 2.05) is 6.92 Å². The summed E-state index contributed by atoms with van der Waals surface area (Å²) in [6.07, 6.45) is 0.313. The van der Waals surface area contributed by atoms with Crippen LogP contribution in [0.2, 0.25) is 0 Å². The van der Waals surface area contributed by atoms with Crippen LogP contribution in [-0.4, -0.2) is 35.9 Å². The molecule has 7 nitrogen and oxygen atoms in total. The number of aromatic nitrogens is 1. The Morgan fingerprint density at radius 3 is 2.79 bits per heavy atom. The van der Waals surface area contributed by atoms with Crippen LogP contribution in [0, 0.1) is 0 Å². The molecule has 0 aromatic carbocycles. The van der Waals surface area contributed by atoms with Gasteiger partial charge in [0.15, 0.2) is 5.82 Å². The zero-order valence-electron chi connectivity index (χ0n) is 11.0. The highest BCUT2D eigenvalue weighted by Crippen LogP contribution is 2.27. The predicted octanol–water partition coefficient (Wildman–Crippen LogP) is 0.840. The highest BCUT2D eigenvalue weighted by Gasteiger charge is 2.20. The van der Waals surface area contributed by atoms with Gasteiger partial charge in [-0.2, -0.15) is 4.37 Å². The van der Waals surface area contributed by atoms with E-state index < -0.39 is 5.97 Å². The first-order chi connectivity index (χ1) is 9.10. The number of hydrogen-bond acceptors (Lipinski definition) is 7. The van der Waals surface area contributed by atoms with Crippen molar-refractivity contribution in [1.29, 1.82) is 0 Å². The first kappa shape index (κ1) is 15.2. The molecule has 0 unspecified atom stereocenters. The summed E-state index contributed by atoms with van der Waals surface area (Å²) in [5, 5.41) is 6.19. The van der Waals surface area contributed by atoms with Crippen molar-refractivity contribution in [3.05, 3.63) is 5.56 Å². The second-order valence-electron chi connectivity index (χ2n) is 3.62. The van der Waals surface area contributed by atoms with E-state index in [0.29, 0.717) is 24.5 Å². The molecule has 0 aliphatic heterocycles. The summed E-state index contributed by atoms with van der Waals surface area (Å²) >= 11 is 1.08. The van der Waals surface area contributed by atoms with E-state index in [1.54, 1.807) is 6.92 Å². The smallest absolute Gasteiger partial charge is 0.344 e. The molecule has 0 aliphatic rings. The third-order valence-corrected chi connectivity index (χ3v) is 3.03. The van der Waals surface area contributed by atoms with Crippen LogP contribution in [0.5, 0.6) is 0 Å². The van der Waals surface area contributed by atoms with E-state index >= 15 is 0 Å². The minimum absolute atomic E-state index is 0.0508. The molecule has 0 spiro atoms. The van der Waals surface area contributed by atoms with Gasteiger partial charge in [-0.3, -0.25) is 4.79 Å². The Balaban J connectivity index is 2.59. The van der Waals surface area contributed by atoms with Gasteiger partial charge in [-0.05, 0) is 25.4 Å². The van der Waals surface area contributed by atoms with Crippen LogP contribution in [0.3, 0.4) is 0 Å². The van der Waals surface area contributed by atoms with E-state index in [4.69, 9.17) is 10.5 Å². The molecule has 0 bridgehead atoms. The number of rotatable bonds is 7. The predicted molar refractivity (Wildman–Crippen MR) is 74.3 cm³/mol. The van der Waals surface area contributed by atoms with Crippen LogP contribution in [-0.2, 0) is 9.53 Å². The lowest BCUT2D eigenvalue weighted by atomic mass is 10.3. The van der Waals surface area contributed by atoms with Gasteiger partial charge in [0.2, 0.25) is 5.91 Å². The van der Waals surface area contributed by atoms with Crippen molar-refractivity contribution >= 4 is 34.2 Å². The molecule has 0 fully saturated rings. The Kier molecular flexibility index (Phi) is 6.07. The van der Waals surface area contributed by atoms with E-state index in [0.717, 1.165) is 11.5 Å².